The zero-order valence-corrected chi connectivity index (χ0v) is 12.3. The first-order valence-corrected chi connectivity index (χ1v) is 6.64. The first kappa shape index (κ1) is 16.1. The van der Waals surface area contributed by atoms with Crippen LogP contribution in [0.5, 0.6) is 0 Å². The number of hydrogen-bond acceptors (Lipinski definition) is 3. The number of rotatable bonds is 6. The first-order valence-electron chi connectivity index (χ1n) is 6.64. The van der Waals surface area contributed by atoms with Crippen molar-refractivity contribution in [2.75, 3.05) is 7.05 Å². The average molecular weight is 282 g/mol. The number of carboxylic acids is 1. The Labute approximate surface area is 118 Å². The minimum Gasteiger partial charge on any atom is -0.480 e. The molecule has 2 amide bonds. The number of furan rings is 1. The molecule has 1 aromatic heterocycles. The molecule has 0 bridgehead atoms. The number of nitrogens with one attached hydrogen (secondary N) is 1. The molecule has 0 saturated carbocycles. The third-order valence-electron chi connectivity index (χ3n) is 3.29. The highest BCUT2D eigenvalue weighted by molar-refractivity contribution is 5.82. The molecule has 0 aromatic carbocycles. The standard InChI is InChI=1S/C14H22N2O4/c1-5-9(2)12(13(17)18)15-14(19)16(4)8-11-7-6-10(3)20-11/h6-7,9,12H,5,8H2,1-4H3,(H,15,19)(H,17,18)/t9-,12-/m0/s1. The number of carboxylic acid groups (broad SMARTS) is 1. The zero-order valence-electron chi connectivity index (χ0n) is 12.3. The van der Waals surface area contributed by atoms with Crippen LogP contribution in [0.3, 0.4) is 0 Å². The van der Waals surface area contributed by atoms with Crippen LogP contribution in [0.25, 0.3) is 0 Å². The molecule has 0 saturated heterocycles. The third-order valence-corrected chi connectivity index (χ3v) is 3.29. The Balaban J connectivity index is 2.61. The molecule has 6 heteroatoms. The molecule has 6 nitrogen and oxygen atoms in total. The molecule has 20 heavy (non-hydrogen) atoms. The lowest BCUT2D eigenvalue weighted by atomic mass is 9.99. The fraction of sp³-hybridized carbons (Fsp3) is 0.571. The van der Waals surface area contributed by atoms with E-state index in [1.165, 1.54) is 4.90 Å². The van der Waals surface area contributed by atoms with E-state index in [2.05, 4.69) is 5.32 Å². The van der Waals surface area contributed by atoms with E-state index in [4.69, 9.17) is 9.52 Å². The number of carbonyl (C=O) groups is 2. The van der Waals surface area contributed by atoms with Gasteiger partial charge in [0.15, 0.2) is 0 Å². The van der Waals surface area contributed by atoms with Gasteiger partial charge < -0.3 is 19.7 Å². The van der Waals surface area contributed by atoms with Gasteiger partial charge in [-0.05, 0) is 25.0 Å². The van der Waals surface area contributed by atoms with Gasteiger partial charge in [-0.2, -0.15) is 0 Å². The van der Waals surface area contributed by atoms with Gasteiger partial charge in [0.05, 0.1) is 6.54 Å². The first-order chi connectivity index (χ1) is 9.35. The lowest BCUT2D eigenvalue weighted by Gasteiger charge is -2.24. The van der Waals surface area contributed by atoms with E-state index < -0.39 is 18.0 Å². The summed E-state index contributed by atoms with van der Waals surface area (Å²) in [5.74, 6) is 0.290. The highest BCUT2D eigenvalue weighted by atomic mass is 16.4. The zero-order chi connectivity index (χ0) is 15.3. The van der Waals surface area contributed by atoms with E-state index in [0.29, 0.717) is 18.7 Å². The Morgan fingerprint density at radius 2 is 2.10 bits per heavy atom. The van der Waals surface area contributed by atoms with Crippen LogP contribution in [-0.2, 0) is 11.3 Å². The molecule has 0 aliphatic carbocycles. The second-order valence-corrected chi connectivity index (χ2v) is 5.02. The third kappa shape index (κ3) is 4.29. The van der Waals surface area contributed by atoms with Gasteiger partial charge in [0, 0.05) is 7.05 Å². The number of aryl methyl sites for hydroxylation is 1. The molecule has 2 atom stereocenters. The second-order valence-electron chi connectivity index (χ2n) is 5.02. The fourth-order valence-corrected chi connectivity index (χ4v) is 1.80. The molecular weight excluding hydrogens is 260 g/mol. The smallest absolute Gasteiger partial charge is 0.326 e. The number of urea groups is 1. The maximum absolute atomic E-state index is 12.0. The summed E-state index contributed by atoms with van der Waals surface area (Å²) >= 11 is 0. The summed E-state index contributed by atoms with van der Waals surface area (Å²) in [6.07, 6.45) is 0.679. The predicted octanol–water partition coefficient (Wildman–Crippen LogP) is 2.23. The summed E-state index contributed by atoms with van der Waals surface area (Å²) in [7, 11) is 1.60. The van der Waals surface area contributed by atoms with E-state index >= 15 is 0 Å². The predicted molar refractivity (Wildman–Crippen MR) is 74.3 cm³/mol. The summed E-state index contributed by atoms with van der Waals surface area (Å²) < 4.78 is 5.39. The number of hydrogen-bond donors (Lipinski definition) is 2. The van der Waals surface area contributed by atoms with Crippen molar-refractivity contribution in [2.45, 2.75) is 39.8 Å². The van der Waals surface area contributed by atoms with Crippen molar-refractivity contribution >= 4 is 12.0 Å². The van der Waals surface area contributed by atoms with Gasteiger partial charge in [-0.3, -0.25) is 0 Å². The van der Waals surface area contributed by atoms with Crippen molar-refractivity contribution in [2.24, 2.45) is 5.92 Å². The molecule has 0 spiro atoms. The molecule has 1 aromatic rings. The van der Waals surface area contributed by atoms with Crippen molar-refractivity contribution in [1.29, 1.82) is 0 Å². The number of carbonyl (C=O) groups excluding carboxylic acids is 1. The van der Waals surface area contributed by atoms with E-state index in [0.717, 1.165) is 5.76 Å². The highest BCUT2D eigenvalue weighted by Gasteiger charge is 2.26. The van der Waals surface area contributed by atoms with Crippen molar-refractivity contribution in [1.82, 2.24) is 10.2 Å². The van der Waals surface area contributed by atoms with Gasteiger partial charge in [0.2, 0.25) is 0 Å². The summed E-state index contributed by atoms with van der Waals surface area (Å²) in [5.41, 5.74) is 0. The quantitative estimate of drug-likeness (QED) is 0.838. The van der Waals surface area contributed by atoms with E-state index in [-0.39, 0.29) is 5.92 Å². The van der Waals surface area contributed by atoms with Crippen molar-refractivity contribution < 1.29 is 19.1 Å². The summed E-state index contributed by atoms with van der Waals surface area (Å²) in [6.45, 7) is 5.82. The van der Waals surface area contributed by atoms with Crippen molar-refractivity contribution in [3.05, 3.63) is 23.7 Å². The fourth-order valence-electron chi connectivity index (χ4n) is 1.80. The maximum atomic E-state index is 12.0. The average Bonchev–Trinajstić information content (AvgIpc) is 2.79. The van der Waals surface area contributed by atoms with Crippen LogP contribution in [0.15, 0.2) is 16.5 Å². The Morgan fingerprint density at radius 1 is 1.45 bits per heavy atom. The van der Waals surface area contributed by atoms with Crippen molar-refractivity contribution in [3.63, 3.8) is 0 Å². The largest absolute Gasteiger partial charge is 0.480 e. The van der Waals surface area contributed by atoms with E-state index in [9.17, 15) is 9.59 Å². The van der Waals surface area contributed by atoms with Crippen LogP contribution in [0.1, 0.15) is 31.8 Å². The Morgan fingerprint density at radius 3 is 2.55 bits per heavy atom. The van der Waals surface area contributed by atoms with Crippen LogP contribution < -0.4 is 5.32 Å². The summed E-state index contributed by atoms with van der Waals surface area (Å²) in [5, 5.41) is 11.7. The van der Waals surface area contributed by atoms with Crippen LogP contribution in [0.2, 0.25) is 0 Å². The van der Waals surface area contributed by atoms with Crippen LogP contribution >= 0.6 is 0 Å². The molecule has 0 aliphatic rings. The topological polar surface area (TPSA) is 82.8 Å². The molecule has 1 heterocycles. The minimum absolute atomic E-state index is 0.129. The molecule has 112 valence electrons. The van der Waals surface area contributed by atoms with Gasteiger partial charge in [0.1, 0.15) is 17.6 Å². The molecule has 0 radical (unpaired) electrons. The normalized spacial score (nSPS) is 13.6. The Kier molecular flexibility index (Phi) is 5.61. The van der Waals surface area contributed by atoms with Crippen LogP contribution in [0.4, 0.5) is 4.79 Å². The van der Waals surface area contributed by atoms with Crippen molar-refractivity contribution in [3.8, 4) is 0 Å². The lowest BCUT2D eigenvalue weighted by molar-refractivity contribution is -0.140. The van der Waals surface area contributed by atoms with Crippen LogP contribution in [-0.4, -0.2) is 35.1 Å². The Hall–Kier alpha value is -1.98. The molecule has 1 rings (SSSR count). The number of aliphatic carboxylic acids is 1. The van der Waals surface area contributed by atoms with Crippen LogP contribution in [0, 0.1) is 12.8 Å². The molecule has 0 fully saturated rings. The minimum atomic E-state index is -1.02. The number of nitrogens with zero attached hydrogens (tertiary/aromatic N) is 1. The summed E-state index contributed by atoms with van der Waals surface area (Å²) in [4.78, 5) is 24.6. The molecule has 2 N–H and O–H groups in total. The van der Waals surface area contributed by atoms with Gasteiger partial charge in [-0.15, -0.1) is 0 Å². The van der Waals surface area contributed by atoms with E-state index in [1.807, 2.05) is 19.9 Å². The molecule has 0 unspecified atom stereocenters. The maximum Gasteiger partial charge on any atom is 0.326 e. The van der Waals surface area contributed by atoms with E-state index in [1.54, 1.807) is 20.0 Å². The summed E-state index contributed by atoms with van der Waals surface area (Å²) in [6, 6.07) is 2.31. The van der Waals surface area contributed by atoms with Gasteiger partial charge >= 0.3 is 12.0 Å². The van der Waals surface area contributed by atoms with Gasteiger partial charge in [-0.1, -0.05) is 20.3 Å². The number of amides is 2. The highest BCUT2D eigenvalue weighted by Crippen LogP contribution is 2.11. The Bertz CT molecular complexity index is 469. The monoisotopic (exact) mass is 282 g/mol. The SMILES string of the molecule is CC[C@H](C)[C@H](NC(=O)N(C)Cc1ccc(C)o1)C(=O)O. The molecule has 0 aliphatic heterocycles. The van der Waals surface area contributed by atoms with Gasteiger partial charge in [0.25, 0.3) is 0 Å². The van der Waals surface area contributed by atoms with Gasteiger partial charge in [-0.25, -0.2) is 9.59 Å². The molecular formula is C14H22N2O4. The second kappa shape index (κ2) is 6.98. The lowest BCUT2D eigenvalue weighted by Crippen LogP contribution is -2.49.